The van der Waals surface area contributed by atoms with Crippen LogP contribution < -0.4 is 10.6 Å². The number of ketones is 2. The highest BCUT2D eigenvalue weighted by molar-refractivity contribution is 6.75. The van der Waals surface area contributed by atoms with Crippen molar-refractivity contribution in [3.05, 3.63) is 192 Å². The predicted molar refractivity (Wildman–Crippen MR) is 310 cm³/mol. The van der Waals surface area contributed by atoms with E-state index in [9.17, 15) is 9.59 Å². The molecule has 4 aromatic rings. The van der Waals surface area contributed by atoms with Gasteiger partial charge in [-0.2, -0.15) is 0 Å². The molecular weight excluding hydrogens is 862 g/mol. The van der Waals surface area contributed by atoms with Crippen LogP contribution in [-0.4, -0.2) is 39.1 Å². The van der Waals surface area contributed by atoms with Crippen LogP contribution >= 0.6 is 0 Å². The molecule has 2 N–H and O–H groups in total. The fraction of sp³-hybridized carbons (Fsp3) is 0.446. The van der Waals surface area contributed by atoms with Crippen LogP contribution in [0.15, 0.2) is 170 Å². The van der Waals surface area contributed by atoms with Gasteiger partial charge < -0.3 is 10.6 Å². The number of hydrogen-bond acceptors (Lipinski definition) is 4. The van der Waals surface area contributed by atoms with Crippen molar-refractivity contribution < 1.29 is 9.59 Å². The highest BCUT2D eigenvalue weighted by Gasteiger charge is 2.35. The van der Waals surface area contributed by atoms with Crippen LogP contribution in [0.3, 0.4) is 0 Å². The molecule has 4 rings (SSSR count). The highest BCUT2D eigenvalue weighted by Crippen LogP contribution is 2.43. The van der Waals surface area contributed by atoms with Crippen LogP contribution in [-0.2, 0) is 17.6 Å². The van der Waals surface area contributed by atoms with Crippen molar-refractivity contribution in [2.24, 2.45) is 39.4 Å². The predicted octanol–water partition coefficient (Wildman–Crippen LogP) is 15.8. The minimum atomic E-state index is -0.437. The summed E-state index contributed by atoms with van der Waals surface area (Å²) in [6, 6.07) is 32.3. The standard InChI is InChI=1S/C65H88N2O2.B2/c1-43(2)44(3)35-47(6)63(14,15)41-46(5)59(39-52-29-33-56(34-30-52)61(69)55-26-21-20-22-27-55)67-51(10)65(18,19)40-45(4)58(38-53-31-32-54-25-23-24-28-57(54)37-53)36-48(7)64(16,17)42-60(68)49(8)66-50(9)62(11,12)13;1-2/h20-34,37,44,47,49,58-59,66-67H,1,4-5,7,9-10,35-36,38-42H2,2-3,6,8,11-19H3;. The molecule has 4 nitrogen and oxygen atoms in total. The number of hydrogen-bond donors (Lipinski definition) is 2. The molecule has 0 amide bonds. The van der Waals surface area contributed by atoms with Crippen molar-refractivity contribution in [1.82, 2.24) is 10.6 Å². The van der Waals surface area contributed by atoms with Gasteiger partial charge in [0.05, 0.1) is 12.1 Å². The molecule has 0 saturated heterocycles. The number of carbonyl (C=O) groups excluding carboxylic acids is 2. The number of Topliss-reactive ketones (excluding diaryl/α,β-unsaturated/α-hetero) is 1. The fourth-order valence-electron chi connectivity index (χ4n) is 9.10. The van der Waals surface area contributed by atoms with Crippen LogP contribution in [0.25, 0.3) is 10.8 Å². The van der Waals surface area contributed by atoms with E-state index < -0.39 is 5.41 Å². The SMILES string of the molecule is C=C(C)C(C)CC(C)C(C)(C)CC(=C)C(Cc1ccc(C(=O)c2ccccc2)cc1)NC(=C)C(C)(C)CC(=C)C(CC(=C)C(C)(C)CC(=O)C(C)NC(=C)C(C)(C)C)Cc1ccc2ccccc2c1.[B][B]. The average Bonchev–Trinajstić information content (AvgIpc) is 3.30. The lowest BCUT2D eigenvalue weighted by Crippen LogP contribution is -2.39. The third-order valence-electron chi connectivity index (χ3n) is 15.3. The van der Waals surface area contributed by atoms with E-state index in [4.69, 9.17) is 19.7 Å². The van der Waals surface area contributed by atoms with Crippen LogP contribution in [0.1, 0.15) is 149 Å². The van der Waals surface area contributed by atoms with Gasteiger partial charge in [0, 0.05) is 55.2 Å². The molecule has 0 saturated carbocycles. The van der Waals surface area contributed by atoms with Gasteiger partial charge in [0.2, 0.25) is 0 Å². The molecule has 0 heterocycles. The van der Waals surface area contributed by atoms with E-state index in [0.717, 1.165) is 52.9 Å². The van der Waals surface area contributed by atoms with Crippen molar-refractivity contribution in [2.45, 2.75) is 147 Å². The van der Waals surface area contributed by atoms with Crippen molar-refractivity contribution in [1.29, 1.82) is 0 Å². The maximum absolute atomic E-state index is 13.7. The molecule has 0 aromatic heterocycles. The van der Waals surface area contributed by atoms with Gasteiger partial charge in [0.25, 0.3) is 0 Å². The smallest absolute Gasteiger partial charge is 0.193 e. The van der Waals surface area contributed by atoms with Gasteiger partial charge in [0.15, 0.2) is 11.6 Å². The van der Waals surface area contributed by atoms with E-state index in [-0.39, 0.29) is 45.8 Å². The summed E-state index contributed by atoms with van der Waals surface area (Å²) < 4.78 is 0. The van der Waals surface area contributed by atoms with Crippen LogP contribution in [0.5, 0.6) is 0 Å². The summed E-state index contributed by atoms with van der Waals surface area (Å²) in [6.07, 6.45) is 5.18. The Labute approximate surface area is 434 Å². The molecule has 0 spiro atoms. The third-order valence-corrected chi connectivity index (χ3v) is 15.3. The molecule has 376 valence electrons. The first-order valence-electron chi connectivity index (χ1n) is 25.6. The molecule has 6 heteroatoms. The molecule has 5 unspecified atom stereocenters. The van der Waals surface area contributed by atoms with Crippen molar-refractivity contribution >= 4 is 37.8 Å². The Balaban J connectivity index is 0.00000657. The molecule has 0 fully saturated rings. The Morgan fingerprint density at radius 3 is 1.72 bits per heavy atom. The number of carbonyl (C=O) groups is 2. The zero-order chi connectivity index (χ0) is 53.6. The van der Waals surface area contributed by atoms with E-state index in [1.807, 2.05) is 49.4 Å². The second-order valence-corrected chi connectivity index (χ2v) is 23.7. The van der Waals surface area contributed by atoms with Gasteiger partial charge in [-0.15, -0.1) is 0 Å². The molecule has 5 atom stereocenters. The summed E-state index contributed by atoms with van der Waals surface area (Å²) in [5.41, 5.74) is 9.05. The summed E-state index contributed by atoms with van der Waals surface area (Å²) in [6.45, 7) is 56.1. The Bertz CT molecular complexity index is 2500. The summed E-state index contributed by atoms with van der Waals surface area (Å²) in [4.78, 5) is 27.1. The quantitative estimate of drug-likeness (QED) is 0.0355. The maximum Gasteiger partial charge on any atom is 0.193 e. The minimum Gasteiger partial charge on any atom is -0.382 e. The zero-order valence-electron chi connectivity index (χ0n) is 46.3. The largest absolute Gasteiger partial charge is 0.382 e. The van der Waals surface area contributed by atoms with Crippen molar-refractivity contribution in [3.63, 3.8) is 0 Å². The molecule has 4 radical (unpaired) electrons. The lowest BCUT2D eigenvalue weighted by atomic mass is 9.70. The first-order chi connectivity index (χ1) is 33.0. The van der Waals surface area contributed by atoms with Gasteiger partial charge in [-0.05, 0) is 103 Å². The lowest BCUT2D eigenvalue weighted by Gasteiger charge is -2.39. The van der Waals surface area contributed by atoms with Crippen LogP contribution in [0, 0.1) is 39.4 Å². The van der Waals surface area contributed by atoms with E-state index >= 15 is 0 Å². The number of benzene rings is 4. The van der Waals surface area contributed by atoms with Crippen LogP contribution in [0.2, 0.25) is 0 Å². The number of fused-ring (bicyclic) bond motifs is 1. The molecule has 0 aliphatic rings. The number of rotatable bonds is 27. The number of nitrogens with one attached hydrogen (secondary N) is 2. The van der Waals surface area contributed by atoms with Crippen molar-refractivity contribution in [2.75, 3.05) is 0 Å². The molecule has 0 aliphatic carbocycles. The Kier molecular flexibility index (Phi) is 21.8. The minimum absolute atomic E-state index is 0.00976. The summed E-state index contributed by atoms with van der Waals surface area (Å²) in [5.74, 6) is 1.11. The van der Waals surface area contributed by atoms with E-state index in [0.29, 0.717) is 48.6 Å². The summed E-state index contributed by atoms with van der Waals surface area (Å²) in [7, 11) is 8.00. The maximum atomic E-state index is 13.7. The number of allylic oxidation sites excluding steroid dienone is 5. The molecule has 0 bridgehead atoms. The van der Waals surface area contributed by atoms with Gasteiger partial charge in [-0.1, -0.05) is 235 Å². The molecule has 71 heavy (non-hydrogen) atoms. The Morgan fingerprint density at radius 1 is 0.592 bits per heavy atom. The molecular formula is C65H88B2N2O2. The van der Waals surface area contributed by atoms with E-state index in [2.05, 4.69) is 184 Å². The highest BCUT2D eigenvalue weighted by atomic mass is 16.1. The zero-order valence-corrected chi connectivity index (χ0v) is 46.3. The van der Waals surface area contributed by atoms with Gasteiger partial charge in [-0.3, -0.25) is 9.59 Å². The van der Waals surface area contributed by atoms with E-state index in [1.165, 1.54) is 21.9 Å². The fourth-order valence-corrected chi connectivity index (χ4v) is 9.10. The first kappa shape index (κ1) is 60.0. The first-order valence-corrected chi connectivity index (χ1v) is 25.6. The average molecular weight is 951 g/mol. The Morgan fingerprint density at radius 2 is 1.14 bits per heavy atom. The summed E-state index contributed by atoms with van der Waals surface area (Å²) >= 11 is 0. The van der Waals surface area contributed by atoms with E-state index in [1.54, 1.807) is 0 Å². The van der Waals surface area contributed by atoms with Crippen LogP contribution in [0.4, 0.5) is 0 Å². The third kappa shape index (κ3) is 17.7. The lowest BCUT2D eigenvalue weighted by molar-refractivity contribution is -0.122. The summed E-state index contributed by atoms with van der Waals surface area (Å²) in [5, 5.41) is 9.74. The topological polar surface area (TPSA) is 58.2 Å². The molecule has 0 aliphatic heterocycles. The van der Waals surface area contributed by atoms with Gasteiger partial charge >= 0.3 is 0 Å². The van der Waals surface area contributed by atoms with Gasteiger partial charge in [-0.25, -0.2) is 0 Å². The monoisotopic (exact) mass is 951 g/mol. The second-order valence-electron chi connectivity index (χ2n) is 23.7. The molecule has 4 aromatic carbocycles. The van der Waals surface area contributed by atoms with Crippen molar-refractivity contribution in [3.8, 4) is 0 Å². The second kappa shape index (κ2) is 25.9. The Hall–Kier alpha value is -5.35. The van der Waals surface area contributed by atoms with Gasteiger partial charge in [0.1, 0.15) is 0 Å². The normalized spacial score (nSPS) is 14.1.